The maximum atomic E-state index is 11.6. The summed E-state index contributed by atoms with van der Waals surface area (Å²) in [5.74, 6) is 5.70. The number of rotatable bonds is 8. The molecule has 4 heterocycles. The minimum atomic E-state index is -0.515. The van der Waals surface area contributed by atoms with E-state index >= 15 is 0 Å². The van der Waals surface area contributed by atoms with Crippen LogP contribution in [-0.2, 0) is 34.1 Å². The molecule has 4 saturated heterocycles. The molecule has 0 saturated carbocycles. The molecule has 0 aliphatic carbocycles. The third-order valence-corrected chi connectivity index (χ3v) is 17.3. The smallest absolute Gasteiger partial charge is 0.857 e. The molecule has 4 aromatic carbocycles. The van der Waals surface area contributed by atoms with Crippen molar-refractivity contribution in [2.24, 2.45) is 40.8 Å². The van der Waals surface area contributed by atoms with E-state index in [0.717, 1.165) is 92.0 Å². The second-order valence-electron chi connectivity index (χ2n) is 11.9. The Labute approximate surface area is 484 Å². The van der Waals surface area contributed by atoms with E-state index in [2.05, 4.69) is 40.8 Å². The van der Waals surface area contributed by atoms with Gasteiger partial charge in [-0.2, -0.15) is 34.6 Å². The third kappa shape index (κ3) is 28.5. The zero-order valence-electron chi connectivity index (χ0n) is 39.6. The average molecular weight is 1250 g/mol. The van der Waals surface area contributed by atoms with Gasteiger partial charge >= 0.3 is 34.1 Å². The average Bonchev–Trinajstić information content (AvgIpc) is 4.30. The van der Waals surface area contributed by atoms with Crippen LogP contribution in [-0.4, -0.2) is 146 Å². The first-order valence-electron chi connectivity index (χ1n) is 20.3. The summed E-state index contributed by atoms with van der Waals surface area (Å²) in [7, 11) is 3.50. The van der Waals surface area contributed by atoms with Gasteiger partial charge in [0.25, 0.3) is 0 Å². The van der Waals surface area contributed by atoms with Gasteiger partial charge in [-0.25, -0.2) is 0 Å². The van der Waals surface area contributed by atoms with Crippen molar-refractivity contribution < 1.29 is 95.4 Å². The Balaban J connectivity index is 0. The number of aliphatic hydroxyl groups is 2. The van der Waals surface area contributed by atoms with Gasteiger partial charge in [-0.05, 0) is 24.3 Å². The normalized spacial score (nSPS) is 14.6. The molecule has 2 radical (unpaired) electrons. The van der Waals surface area contributed by atoms with E-state index < -0.39 is 23.6 Å². The molecule has 4 aliphatic heterocycles. The van der Waals surface area contributed by atoms with Crippen molar-refractivity contribution in [3.05, 3.63) is 119 Å². The molecule has 30 heteroatoms. The molecule has 402 valence electrons. The number of para-hydroxylation sites is 4. The van der Waals surface area contributed by atoms with E-state index in [9.17, 15) is 40.9 Å². The SMILES string of the molecule is CO.CO.C[O-].C[O-].[Fe+3].[Fe+3].[O-]/C(=N\N=C1SCCS1)c1ccccc1O.[O-]/C(=N\N=C1SCCS1)c1ccccc1O.[O-]/C(=N\N=C1SCCS1)c1ccccc1O.[O-]/C(=N\N=C1SCCS1)c1ccccc1O. The molecule has 0 aromatic heterocycles. The maximum absolute atomic E-state index is 11.6. The fourth-order valence-corrected chi connectivity index (χ4v) is 12.8. The van der Waals surface area contributed by atoms with Crippen LogP contribution in [0.15, 0.2) is 138 Å². The first kappa shape index (κ1) is 72.4. The largest absolute Gasteiger partial charge is 3.00 e. The predicted molar refractivity (Wildman–Crippen MR) is 296 cm³/mol. The van der Waals surface area contributed by atoms with Gasteiger partial charge in [0.15, 0.2) is 17.5 Å². The van der Waals surface area contributed by atoms with Gasteiger partial charge < -0.3 is 61.3 Å². The topological polar surface area (TPSA) is 359 Å². The molecule has 6 N–H and O–H groups in total. The minimum Gasteiger partial charge on any atom is -0.857 e. The van der Waals surface area contributed by atoms with E-state index in [-0.39, 0.29) is 79.4 Å². The van der Waals surface area contributed by atoms with Crippen LogP contribution in [0.1, 0.15) is 22.3 Å². The van der Waals surface area contributed by atoms with Gasteiger partial charge in [-0.3, -0.25) is 0 Å². The number of phenols is 4. The van der Waals surface area contributed by atoms with Crippen LogP contribution in [0.2, 0.25) is 0 Å². The van der Waals surface area contributed by atoms with Crippen LogP contribution in [0, 0.1) is 0 Å². The van der Waals surface area contributed by atoms with Crippen molar-refractivity contribution in [3.63, 3.8) is 0 Å². The number of hydrogen-bond donors (Lipinski definition) is 6. The van der Waals surface area contributed by atoms with Gasteiger partial charge in [0.2, 0.25) is 0 Å². The summed E-state index contributed by atoms with van der Waals surface area (Å²) in [6, 6.07) is 25.2. The molecular formula is C44H50Fe2N8O12S8. The molecule has 20 nitrogen and oxygen atoms in total. The molecule has 0 atom stereocenters. The fraction of sp³-hybridized carbons (Fsp3) is 0.273. The maximum Gasteiger partial charge on any atom is 3.00 e. The molecule has 8 rings (SSSR count). The predicted octanol–water partition coefficient (Wildman–Crippen LogP) is 2.17. The van der Waals surface area contributed by atoms with Gasteiger partial charge in [0, 0.05) is 106 Å². The van der Waals surface area contributed by atoms with Gasteiger partial charge in [-0.15, -0.1) is 20.4 Å². The second kappa shape index (κ2) is 45.5. The first-order valence-corrected chi connectivity index (χ1v) is 28.1. The van der Waals surface area contributed by atoms with E-state index in [4.69, 9.17) is 20.4 Å². The summed E-state index contributed by atoms with van der Waals surface area (Å²) in [5.41, 5.74) is 0.722. The Hall–Kier alpha value is -3.68. The molecule has 4 aromatic rings. The summed E-state index contributed by atoms with van der Waals surface area (Å²) in [5, 5.41) is 144. The van der Waals surface area contributed by atoms with Crippen molar-refractivity contribution >= 4 is 135 Å². The Bertz CT molecular complexity index is 2110. The van der Waals surface area contributed by atoms with Crippen LogP contribution in [0.5, 0.6) is 23.0 Å². The first-order chi connectivity index (χ1) is 35.1. The Morgan fingerprint density at radius 2 is 0.473 bits per heavy atom. The fourth-order valence-electron chi connectivity index (χ4n) is 4.61. The standard InChI is InChI=1S/4C10H10N2O2S2.2CH4O.2CH3O.2Fe/c4*13-8-4-2-1-3-7(8)9(14)11-12-10-15-5-6-16-10;4*1-2;;/h4*1-4,13H,5-6H2,(H,11,14);2*2H,1H3;2*1H3;;/q;;;;;;2*-1;2*+3/p-4. The molecule has 4 fully saturated rings. The molecule has 74 heavy (non-hydrogen) atoms. The zero-order valence-corrected chi connectivity index (χ0v) is 48.3. The summed E-state index contributed by atoms with van der Waals surface area (Å²) < 4.78 is 3.24. The van der Waals surface area contributed by atoms with Crippen LogP contribution in [0.3, 0.4) is 0 Å². The van der Waals surface area contributed by atoms with Crippen molar-refractivity contribution in [1.82, 2.24) is 0 Å². The summed E-state index contributed by atoms with van der Waals surface area (Å²) in [4.78, 5) is 0. The molecule has 0 spiro atoms. The number of nitrogens with zero attached hydrogens (tertiary/aromatic N) is 8. The summed E-state index contributed by atoms with van der Waals surface area (Å²) >= 11 is 12.7. The Kier molecular flexibility index (Phi) is 44.5. The van der Waals surface area contributed by atoms with Crippen molar-refractivity contribution in [2.75, 3.05) is 74.5 Å². The van der Waals surface area contributed by atoms with Gasteiger partial charge in [0.1, 0.15) is 23.0 Å². The monoisotopic (exact) mass is 1250 g/mol. The molecule has 0 amide bonds. The van der Waals surface area contributed by atoms with Crippen LogP contribution in [0.25, 0.3) is 0 Å². The van der Waals surface area contributed by atoms with Crippen LogP contribution >= 0.6 is 94.1 Å². The summed E-state index contributed by atoms with van der Waals surface area (Å²) in [6.45, 7) is 0. The Morgan fingerprint density at radius 1 is 0.324 bits per heavy atom. The molecule has 4 aliphatic rings. The number of phenolic OH excluding ortho intramolecular Hbond substituents is 4. The molecular weight excluding hydrogens is 1200 g/mol. The van der Waals surface area contributed by atoms with Crippen LogP contribution in [0.4, 0.5) is 0 Å². The number of benzene rings is 4. The zero-order chi connectivity index (χ0) is 53.5. The van der Waals surface area contributed by atoms with E-state index in [1.165, 1.54) is 48.5 Å². The number of hydrogen-bond acceptors (Lipinski definition) is 28. The van der Waals surface area contributed by atoms with Crippen molar-refractivity contribution in [3.8, 4) is 23.0 Å². The quantitative estimate of drug-likeness (QED) is 0.0637. The van der Waals surface area contributed by atoms with E-state index in [1.54, 1.807) is 143 Å². The van der Waals surface area contributed by atoms with Crippen molar-refractivity contribution in [1.29, 1.82) is 0 Å². The van der Waals surface area contributed by atoms with E-state index in [0.29, 0.717) is 0 Å². The van der Waals surface area contributed by atoms with Crippen molar-refractivity contribution in [2.45, 2.75) is 0 Å². The Morgan fingerprint density at radius 3 is 0.622 bits per heavy atom. The minimum absolute atomic E-state index is 0. The van der Waals surface area contributed by atoms with E-state index in [1.807, 2.05) is 0 Å². The van der Waals surface area contributed by atoms with Crippen LogP contribution < -0.4 is 30.6 Å². The summed E-state index contributed by atoms with van der Waals surface area (Å²) in [6.07, 6.45) is 0. The number of aromatic hydroxyl groups is 4. The number of aliphatic hydroxyl groups excluding tert-OH is 2. The van der Waals surface area contributed by atoms with Gasteiger partial charge in [0.05, 0.1) is 0 Å². The third-order valence-electron chi connectivity index (χ3n) is 7.57. The number of thioether (sulfide) groups is 8. The molecule has 0 bridgehead atoms. The van der Waals surface area contributed by atoms with Gasteiger partial charge in [-0.1, -0.05) is 167 Å². The molecule has 0 unspecified atom stereocenters. The second-order valence-corrected chi connectivity index (χ2v) is 21.6.